The number of nitrogens with one attached hydrogen (secondary N) is 1. The SMILES string of the molecule is CCOC(=O)C(CSCCCO)NC(C)C. The lowest BCUT2D eigenvalue weighted by Crippen LogP contribution is -2.43. The van der Waals surface area contributed by atoms with E-state index in [1.807, 2.05) is 20.8 Å². The highest BCUT2D eigenvalue weighted by Crippen LogP contribution is 2.07. The molecule has 16 heavy (non-hydrogen) atoms. The Kier molecular flexibility index (Phi) is 9.77. The molecule has 0 aliphatic carbocycles. The Bertz CT molecular complexity index is 188. The van der Waals surface area contributed by atoms with Crippen molar-refractivity contribution in [3.05, 3.63) is 0 Å². The summed E-state index contributed by atoms with van der Waals surface area (Å²) < 4.78 is 5.00. The Morgan fingerprint density at radius 2 is 2.19 bits per heavy atom. The van der Waals surface area contributed by atoms with Gasteiger partial charge < -0.3 is 15.2 Å². The Hall–Kier alpha value is -0.260. The van der Waals surface area contributed by atoms with Gasteiger partial charge in [-0.2, -0.15) is 11.8 Å². The molecule has 0 amide bonds. The maximum absolute atomic E-state index is 11.6. The number of hydrogen-bond donors (Lipinski definition) is 2. The van der Waals surface area contributed by atoms with E-state index in [0.717, 1.165) is 12.2 Å². The number of rotatable bonds is 9. The Labute approximate surface area is 102 Å². The van der Waals surface area contributed by atoms with Gasteiger partial charge in [0.1, 0.15) is 6.04 Å². The van der Waals surface area contributed by atoms with Crippen molar-refractivity contribution in [1.82, 2.24) is 5.32 Å². The summed E-state index contributed by atoms with van der Waals surface area (Å²) in [7, 11) is 0. The smallest absolute Gasteiger partial charge is 0.323 e. The predicted octanol–water partition coefficient (Wildman–Crippen LogP) is 1.03. The third-order valence-corrected chi connectivity index (χ3v) is 2.98. The zero-order valence-electron chi connectivity index (χ0n) is 10.4. The van der Waals surface area contributed by atoms with Crippen LogP contribution in [-0.2, 0) is 9.53 Å². The van der Waals surface area contributed by atoms with Crippen molar-refractivity contribution in [2.24, 2.45) is 0 Å². The highest BCUT2D eigenvalue weighted by molar-refractivity contribution is 7.99. The van der Waals surface area contributed by atoms with Crippen LogP contribution >= 0.6 is 11.8 Å². The minimum Gasteiger partial charge on any atom is -0.465 e. The van der Waals surface area contributed by atoms with Crippen LogP contribution in [0.4, 0.5) is 0 Å². The van der Waals surface area contributed by atoms with Crippen molar-refractivity contribution in [2.45, 2.75) is 39.3 Å². The van der Waals surface area contributed by atoms with Crippen molar-refractivity contribution in [3.8, 4) is 0 Å². The fraction of sp³-hybridized carbons (Fsp3) is 0.909. The summed E-state index contributed by atoms with van der Waals surface area (Å²) in [5.41, 5.74) is 0. The standard InChI is InChI=1S/C11H23NO3S/c1-4-15-11(14)10(12-9(2)3)8-16-7-5-6-13/h9-10,12-13H,4-8H2,1-3H3. The Morgan fingerprint density at radius 3 is 2.69 bits per heavy atom. The average molecular weight is 249 g/mol. The van der Waals surface area contributed by atoms with Crippen LogP contribution < -0.4 is 5.32 Å². The van der Waals surface area contributed by atoms with E-state index in [1.165, 1.54) is 0 Å². The molecule has 0 spiro atoms. The molecule has 1 atom stereocenters. The number of aliphatic hydroxyl groups is 1. The van der Waals surface area contributed by atoms with Crippen LogP contribution in [0.2, 0.25) is 0 Å². The van der Waals surface area contributed by atoms with Crippen molar-refractivity contribution in [3.63, 3.8) is 0 Å². The summed E-state index contributed by atoms with van der Waals surface area (Å²) in [5.74, 6) is 1.37. The Morgan fingerprint density at radius 1 is 1.50 bits per heavy atom. The average Bonchev–Trinajstić information content (AvgIpc) is 2.22. The van der Waals surface area contributed by atoms with Gasteiger partial charge in [-0.15, -0.1) is 0 Å². The molecule has 0 aromatic heterocycles. The largest absolute Gasteiger partial charge is 0.465 e. The monoisotopic (exact) mass is 249 g/mol. The molecule has 96 valence electrons. The zero-order valence-corrected chi connectivity index (χ0v) is 11.2. The quantitative estimate of drug-likeness (QED) is 0.472. The second-order valence-electron chi connectivity index (χ2n) is 3.78. The van der Waals surface area contributed by atoms with Crippen LogP contribution in [-0.4, -0.2) is 47.9 Å². The molecular weight excluding hydrogens is 226 g/mol. The maximum atomic E-state index is 11.6. The lowest BCUT2D eigenvalue weighted by molar-refractivity contribution is -0.145. The molecular formula is C11H23NO3S. The van der Waals surface area contributed by atoms with E-state index in [-0.39, 0.29) is 24.7 Å². The van der Waals surface area contributed by atoms with Crippen LogP contribution in [0.1, 0.15) is 27.2 Å². The number of thioether (sulfide) groups is 1. The van der Waals surface area contributed by atoms with Crippen LogP contribution in [0.25, 0.3) is 0 Å². The van der Waals surface area contributed by atoms with Gasteiger partial charge in [-0.25, -0.2) is 0 Å². The first-order valence-corrected chi connectivity index (χ1v) is 6.88. The first-order chi connectivity index (χ1) is 7.61. The first kappa shape index (κ1) is 15.7. The third-order valence-electron chi connectivity index (χ3n) is 1.84. The first-order valence-electron chi connectivity index (χ1n) is 5.73. The minimum absolute atomic E-state index is 0.187. The van der Waals surface area contributed by atoms with Gasteiger partial charge in [0, 0.05) is 18.4 Å². The minimum atomic E-state index is -0.247. The van der Waals surface area contributed by atoms with Gasteiger partial charge in [-0.05, 0) is 19.1 Å². The lowest BCUT2D eigenvalue weighted by atomic mass is 10.3. The normalized spacial score (nSPS) is 12.8. The Balaban J connectivity index is 3.94. The third kappa shape index (κ3) is 7.96. The summed E-state index contributed by atoms with van der Waals surface area (Å²) in [6.45, 7) is 6.43. The second-order valence-corrected chi connectivity index (χ2v) is 4.93. The van der Waals surface area contributed by atoms with Gasteiger partial charge in [0.15, 0.2) is 0 Å². The fourth-order valence-electron chi connectivity index (χ4n) is 1.20. The molecule has 0 aliphatic heterocycles. The van der Waals surface area contributed by atoms with Gasteiger partial charge in [0.05, 0.1) is 6.61 Å². The molecule has 4 nitrogen and oxygen atoms in total. The molecule has 0 radical (unpaired) electrons. The molecule has 0 aromatic carbocycles. The zero-order chi connectivity index (χ0) is 12.4. The van der Waals surface area contributed by atoms with Crippen molar-refractivity contribution < 1.29 is 14.6 Å². The number of ether oxygens (including phenoxy) is 1. The molecule has 0 aromatic rings. The summed E-state index contributed by atoms with van der Waals surface area (Å²) in [4.78, 5) is 11.6. The molecule has 0 bridgehead atoms. The highest BCUT2D eigenvalue weighted by atomic mass is 32.2. The van der Waals surface area contributed by atoms with Crippen molar-refractivity contribution >= 4 is 17.7 Å². The van der Waals surface area contributed by atoms with Crippen LogP contribution in [0.5, 0.6) is 0 Å². The summed E-state index contributed by atoms with van der Waals surface area (Å²) in [5, 5.41) is 11.8. The molecule has 0 aliphatic rings. The highest BCUT2D eigenvalue weighted by Gasteiger charge is 2.19. The number of hydrogen-bond acceptors (Lipinski definition) is 5. The number of esters is 1. The van der Waals surface area contributed by atoms with Gasteiger partial charge >= 0.3 is 5.97 Å². The molecule has 2 N–H and O–H groups in total. The van der Waals surface area contributed by atoms with Gasteiger partial charge in [-0.1, -0.05) is 13.8 Å². The van der Waals surface area contributed by atoms with Crippen LogP contribution in [0, 0.1) is 0 Å². The maximum Gasteiger partial charge on any atom is 0.323 e. The van der Waals surface area contributed by atoms with Gasteiger partial charge in [0.2, 0.25) is 0 Å². The van der Waals surface area contributed by atoms with Crippen LogP contribution in [0.15, 0.2) is 0 Å². The molecule has 0 fully saturated rings. The van der Waals surface area contributed by atoms with E-state index in [4.69, 9.17) is 9.84 Å². The summed E-state index contributed by atoms with van der Waals surface area (Å²) >= 11 is 1.66. The molecule has 0 saturated heterocycles. The van der Waals surface area contributed by atoms with Gasteiger partial charge in [0.25, 0.3) is 0 Å². The van der Waals surface area contributed by atoms with Crippen molar-refractivity contribution in [1.29, 1.82) is 0 Å². The molecule has 0 saturated carbocycles. The van der Waals surface area contributed by atoms with E-state index < -0.39 is 0 Å². The van der Waals surface area contributed by atoms with Gasteiger partial charge in [-0.3, -0.25) is 4.79 Å². The topological polar surface area (TPSA) is 58.6 Å². The van der Waals surface area contributed by atoms with E-state index in [2.05, 4.69) is 5.32 Å². The summed E-state index contributed by atoms with van der Waals surface area (Å²) in [6, 6.07) is 0.0106. The molecule has 0 rings (SSSR count). The molecule has 0 heterocycles. The lowest BCUT2D eigenvalue weighted by Gasteiger charge is -2.19. The second kappa shape index (κ2) is 9.93. The number of carbonyl (C=O) groups excluding carboxylic acids is 1. The fourth-order valence-corrected chi connectivity index (χ4v) is 2.17. The van der Waals surface area contributed by atoms with E-state index in [1.54, 1.807) is 11.8 Å². The van der Waals surface area contributed by atoms with E-state index in [9.17, 15) is 4.79 Å². The molecule has 5 heteroatoms. The van der Waals surface area contributed by atoms with Crippen molar-refractivity contribution in [2.75, 3.05) is 24.7 Å². The predicted molar refractivity (Wildman–Crippen MR) is 67.7 cm³/mol. The van der Waals surface area contributed by atoms with Crippen LogP contribution in [0.3, 0.4) is 0 Å². The summed E-state index contributed by atoms with van der Waals surface area (Å²) in [6.07, 6.45) is 0.766. The van der Waals surface area contributed by atoms with E-state index in [0.29, 0.717) is 12.4 Å². The van der Waals surface area contributed by atoms with E-state index >= 15 is 0 Å². The molecule has 1 unspecified atom stereocenters. The number of carbonyl (C=O) groups is 1. The number of aliphatic hydroxyl groups excluding tert-OH is 1.